The molecule has 0 spiro atoms. The number of aryl methyl sites for hydroxylation is 2. The van der Waals surface area contributed by atoms with E-state index in [1.807, 2.05) is 37.4 Å². The number of rotatable bonds is 4. The molecule has 2 heterocycles. The van der Waals surface area contributed by atoms with Crippen LogP contribution in [-0.4, -0.2) is 28.3 Å². The smallest absolute Gasteiger partial charge is 0.190 e. The Balaban J connectivity index is 1.60. The molecule has 1 aromatic heterocycles. The third-order valence-electron chi connectivity index (χ3n) is 3.42. The van der Waals surface area contributed by atoms with Gasteiger partial charge in [-0.15, -0.1) is 0 Å². The van der Waals surface area contributed by atoms with Crippen molar-refractivity contribution in [1.82, 2.24) is 9.78 Å². The summed E-state index contributed by atoms with van der Waals surface area (Å²) in [5.74, 6) is 1.39. The molecule has 0 fully saturated rings. The first-order valence-electron chi connectivity index (χ1n) is 6.62. The zero-order valence-corrected chi connectivity index (χ0v) is 11.3. The van der Waals surface area contributed by atoms with Crippen LogP contribution < -0.4 is 9.47 Å². The maximum atomic E-state index is 12.2. The van der Waals surface area contributed by atoms with Gasteiger partial charge in [0, 0.05) is 25.4 Å². The summed E-state index contributed by atoms with van der Waals surface area (Å²) >= 11 is 0. The fourth-order valence-corrected chi connectivity index (χ4v) is 2.24. The van der Waals surface area contributed by atoms with E-state index in [4.69, 9.17) is 9.47 Å². The Hall–Kier alpha value is -2.30. The number of ether oxygens (including phenoxy) is 2. The van der Waals surface area contributed by atoms with Gasteiger partial charge in [-0.2, -0.15) is 5.10 Å². The molecule has 5 nitrogen and oxygen atoms in total. The number of carbonyl (C=O) groups excluding carboxylic acids is 1. The Labute approximate surface area is 117 Å². The van der Waals surface area contributed by atoms with E-state index < -0.39 is 6.10 Å². The van der Waals surface area contributed by atoms with Gasteiger partial charge in [0.05, 0.1) is 0 Å². The predicted octanol–water partition coefficient (Wildman–Crippen LogP) is 1.76. The molecule has 0 saturated heterocycles. The Kier molecular flexibility index (Phi) is 3.41. The highest BCUT2D eigenvalue weighted by molar-refractivity contribution is 5.84. The van der Waals surface area contributed by atoms with Crippen LogP contribution in [0.3, 0.4) is 0 Å². The molecule has 0 bridgehead atoms. The molecule has 1 aliphatic heterocycles. The number of aromatic nitrogens is 2. The maximum Gasteiger partial charge on any atom is 0.190 e. The fraction of sp³-hybridized carbons (Fsp3) is 0.333. The number of hydrogen-bond acceptors (Lipinski definition) is 4. The first-order chi connectivity index (χ1) is 9.74. The Morgan fingerprint density at radius 1 is 1.35 bits per heavy atom. The van der Waals surface area contributed by atoms with E-state index in [0.717, 1.165) is 5.69 Å². The second-order valence-corrected chi connectivity index (χ2v) is 4.78. The van der Waals surface area contributed by atoms with Crippen LogP contribution in [0.4, 0.5) is 0 Å². The second-order valence-electron chi connectivity index (χ2n) is 4.78. The summed E-state index contributed by atoms with van der Waals surface area (Å²) in [6.45, 7) is 0.279. The van der Waals surface area contributed by atoms with Gasteiger partial charge >= 0.3 is 0 Å². The van der Waals surface area contributed by atoms with Crippen LogP contribution in [-0.2, 0) is 18.3 Å². The van der Waals surface area contributed by atoms with E-state index >= 15 is 0 Å². The van der Waals surface area contributed by atoms with Gasteiger partial charge in [0.2, 0.25) is 0 Å². The minimum atomic E-state index is -0.516. The quantitative estimate of drug-likeness (QED) is 0.851. The van der Waals surface area contributed by atoms with Crippen molar-refractivity contribution in [3.8, 4) is 11.5 Å². The lowest BCUT2D eigenvalue weighted by atomic mass is 10.1. The lowest BCUT2D eigenvalue weighted by Crippen LogP contribution is -2.36. The Morgan fingerprint density at radius 3 is 2.90 bits per heavy atom. The summed E-state index contributed by atoms with van der Waals surface area (Å²) in [7, 11) is 1.87. The molecule has 0 saturated carbocycles. The van der Waals surface area contributed by atoms with Crippen molar-refractivity contribution in [3.05, 3.63) is 42.2 Å². The molecule has 2 aromatic rings. The van der Waals surface area contributed by atoms with E-state index in [1.165, 1.54) is 0 Å². The third kappa shape index (κ3) is 2.52. The molecule has 0 radical (unpaired) electrons. The number of Topliss-reactive ketones (excluding diaryl/α,β-unsaturated/α-hetero) is 1. The summed E-state index contributed by atoms with van der Waals surface area (Å²) in [5, 5.41) is 4.09. The molecule has 1 atom stereocenters. The number of para-hydroxylation sites is 2. The largest absolute Gasteiger partial charge is 0.485 e. The number of benzene rings is 1. The van der Waals surface area contributed by atoms with Gasteiger partial charge in [-0.05, 0) is 24.6 Å². The van der Waals surface area contributed by atoms with Gasteiger partial charge < -0.3 is 9.47 Å². The van der Waals surface area contributed by atoms with Crippen molar-refractivity contribution < 1.29 is 14.3 Å². The van der Waals surface area contributed by atoms with E-state index in [-0.39, 0.29) is 12.4 Å². The minimum absolute atomic E-state index is 0.0562. The molecule has 1 aliphatic rings. The summed E-state index contributed by atoms with van der Waals surface area (Å²) in [4.78, 5) is 12.2. The third-order valence-corrected chi connectivity index (χ3v) is 3.42. The van der Waals surface area contributed by atoms with Crippen molar-refractivity contribution in [2.45, 2.75) is 18.9 Å². The van der Waals surface area contributed by atoms with Crippen LogP contribution >= 0.6 is 0 Å². The Bertz CT molecular complexity index is 621. The first kappa shape index (κ1) is 12.7. The van der Waals surface area contributed by atoms with E-state index in [2.05, 4.69) is 5.10 Å². The van der Waals surface area contributed by atoms with Crippen LogP contribution in [0, 0.1) is 0 Å². The van der Waals surface area contributed by atoms with Crippen LogP contribution in [0.25, 0.3) is 0 Å². The van der Waals surface area contributed by atoms with Crippen molar-refractivity contribution in [2.24, 2.45) is 7.05 Å². The molecular formula is C15H16N2O3. The van der Waals surface area contributed by atoms with Crippen LogP contribution in [0.5, 0.6) is 11.5 Å². The topological polar surface area (TPSA) is 53.4 Å². The molecule has 5 heteroatoms. The zero-order valence-electron chi connectivity index (χ0n) is 11.3. The van der Waals surface area contributed by atoms with Gasteiger partial charge in [0.15, 0.2) is 23.4 Å². The number of fused-ring (bicyclic) bond motifs is 1. The number of nitrogens with zero attached hydrogens (tertiary/aromatic N) is 2. The van der Waals surface area contributed by atoms with Gasteiger partial charge in [-0.25, -0.2) is 0 Å². The average Bonchev–Trinajstić information content (AvgIpc) is 2.89. The summed E-state index contributed by atoms with van der Waals surface area (Å²) in [5.41, 5.74) is 1.04. The molecule has 0 amide bonds. The monoisotopic (exact) mass is 272 g/mol. The van der Waals surface area contributed by atoms with Crippen molar-refractivity contribution in [3.63, 3.8) is 0 Å². The van der Waals surface area contributed by atoms with Gasteiger partial charge in [0.25, 0.3) is 0 Å². The highest BCUT2D eigenvalue weighted by atomic mass is 16.6. The number of hydrogen-bond donors (Lipinski definition) is 0. The maximum absolute atomic E-state index is 12.2. The van der Waals surface area contributed by atoms with E-state index in [9.17, 15) is 4.79 Å². The van der Waals surface area contributed by atoms with Crippen molar-refractivity contribution >= 4 is 5.78 Å². The molecular weight excluding hydrogens is 256 g/mol. The predicted molar refractivity (Wildman–Crippen MR) is 72.9 cm³/mol. The summed E-state index contributed by atoms with van der Waals surface area (Å²) in [6.07, 6.45) is 2.31. The van der Waals surface area contributed by atoms with Crippen molar-refractivity contribution in [1.29, 1.82) is 0 Å². The molecule has 1 aromatic carbocycles. The van der Waals surface area contributed by atoms with Crippen LogP contribution in [0.2, 0.25) is 0 Å². The SMILES string of the molecule is Cn1nccc1CCC(=O)C1COc2ccccc2O1. The van der Waals surface area contributed by atoms with Gasteiger partial charge in [-0.3, -0.25) is 9.48 Å². The Morgan fingerprint density at radius 2 is 2.15 bits per heavy atom. The first-order valence-corrected chi connectivity index (χ1v) is 6.62. The number of ketones is 1. The van der Waals surface area contributed by atoms with Crippen molar-refractivity contribution in [2.75, 3.05) is 6.61 Å². The number of carbonyl (C=O) groups is 1. The molecule has 0 N–H and O–H groups in total. The fourth-order valence-electron chi connectivity index (χ4n) is 2.24. The molecule has 0 aliphatic carbocycles. The highest BCUT2D eigenvalue weighted by Gasteiger charge is 2.26. The van der Waals surface area contributed by atoms with E-state index in [0.29, 0.717) is 24.3 Å². The normalized spacial score (nSPS) is 16.9. The summed E-state index contributed by atoms with van der Waals surface area (Å²) in [6, 6.07) is 9.32. The highest BCUT2D eigenvalue weighted by Crippen LogP contribution is 2.31. The molecule has 3 rings (SSSR count). The zero-order chi connectivity index (χ0) is 13.9. The molecule has 1 unspecified atom stereocenters. The van der Waals surface area contributed by atoms with Crippen LogP contribution in [0.15, 0.2) is 36.5 Å². The summed E-state index contributed by atoms with van der Waals surface area (Å²) < 4.78 is 13.0. The minimum Gasteiger partial charge on any atom is -0.485 e. The molecule has 104 valence electrons. The van der Waals surface area contributed by atoms with Gasteiger partial charge in [0.1, 0.15) is 6.61 Å². The van der Waals surface area contributed by atoms with Gasteiger partial charge in [-0.1, -0.05) is 12.1 Å². The average molecular weight is 272 g/mol. The standard InChI is InChI=1S/C15H16N2O3/c1-17-11(8-9-16-17)6-7-12(18)15-10-19-13-4-2-3-5-14(13)20-15/h2-5,8-9,15H,6-7,10H2,1H3. The lowest BCUT2D eigenvalue weighted by molar-refractivity contribution is -0.128. The molecule has 20 heavy (non-hydrogen) atoms. The van der Waals surface area contributed by atoms with Crippen LogP contribution in [0.1, 0.15) is 12.1 Å². The van der Waals surface area contributed by atoms with E-state index in [1.54, 1.807) is 10.9 Å². The lowest BCUT2D eigenvalue weighted by Gasteiger charge is -2.25. The second kappa shape index (κ2) is 5.36.